The zero-order valence-corrected chi connectivity index (χ0v) is 15.6. The van der Waals surface area contributed by atoms with E-state index in [2.05, 4.69) is 16.1 Å². The number of imide groups is 1. The van der Waals surface area contributed by atoms with Crippen molar-refractivity contribution in [1.82, 2.24) is 15.8 Å². The molecule has 0 saturated carbocycles. The molecule has 2 aromatic carbocycles. The molecular weight excluding hydrogens is 348 g/mol. The molecule has 0 bridgehead atoms. The maximum absolute atomic E-state index is 12.8. The van der Waals surface area contributed by atoms with E-state index in [4.69, 9.17) is 12.2 Å². The van der Waals surface area contributed by atoms with Crippen LogP contribution in [0.4, 0.5) is 10.5 Å². The average molecular weight is 368 g/mol. The SMILES string of the molecule is Cc1ccc(C)c(NC(=S)NN2C(=O)N[C@@](C)(c3ccccc3)C2=O)c1. The number of carbonyl (C=O) groups is 2. The van der Waals surface area contributed by atoms with E-state index in [1.54, 1.807) is 19.1 Å². The quantitative estimate of drug-likeness (QED) is 0.574. The Hall–Kier alpha value is -2.93. The summed E-state index contributed by atoms with van der Waals surface area (Å²) in [5.74, 6) is -0.418. The summed E-state index contributed by atoms with van der Waals surface area (Å²) in [6.07, 6.45) is 0. The Kier molecular flexibility index (Phi) is 4.65. The summed E-state index contributed by atoms with van der Waals surface area (Å²) in [6.45, 7) is 5.60. The summed E-state index contributed by atoms with van der Waals surface area (Å²) in [4.78, 5) is 25.2. The number of hydrogen-bond acceptors (Lipinski definition) is 3. The van der Waals surface area contributed by atoms with Crippen LogP contribution in [0.2, 0.25) is 0 Å². The number of amides is 3. The van der Waals surface area contributed by atoms with Gasteiger partial charge in [0, 0.05) is 5.69 Å². The third-order valence-electron chi connectivity index (χ3n) is 4.40. The second-order valence-corrected chi connectivity index (χ2v) is 6.85. The number of nitrogens with zero attached hydrogens (tertiary/aromatic N) is 1. The lowest BCUT2D eigenvalue weighted by atomic mass is 9.92. The van der Waals surface area contributed by atoms with Crippen molar-refractivity contribution >= 4 is 35.0 Å². The molecule has 1 atom stereocenters. The van der Waals surface area contributed by atoms with Crippen molar-refractivity contribution in [2.75, 3.05) is 5.32 Å². The molecule has 26 heavy (non-hydrogen) atoms. The first-order valence-electron chi connectivity index (χ1n) is 8.18. The Bertz CT molecular complexity index is 884. The molecule has 3 rings (SSSR count). The Labute approximate surface area is 157 Å². The van der Waals surface area contributed by atoms with Crippen molar-refractivity contribution in [1.29, 1.82) is 0 Å². The average Bonchev–Trinajstić information content (AvgIpc) is 2.83. The van der Waals surface area contributed by atoms with Crippen LogP contribution in [0.15, 0.2) is 48.5 Å². The molecule has 0 aliphatic carbocycles. The van der Waals surface area contributed by atoms with Gasteiger partial charge >= 0.3 is 6.03 Å². The minimum atomic E-state index is -1.14. The lowest BCUT2D eigenvalue weighted by molar-refractivity contribution is -0.132. The van der Waals surface area contributed by atoms with E-state index in [0.717, 1.165) is 21.8 Å². The Morgan fingerprint density at radius 3 is 2.50 bits per heavy atom. The largest absolute Gasteiger partial charge is 0.344 e. The van der Waals surface area contributed by atoms with Crippen molar-refractivity contribution in [3.63, 3.8) is 0 Å². The van der Waals surface area contributed by atoms with E-state index in [1.807, 2.05) is 50.2 Å². The molecule has 7 heteroatoms. The lowest BCUT2D eigenvalue weighted by Gasteiger charge is -2.22. The first-order chi connectivity index (χ1) is 12.3. The van der Waals surface area contributed by atoms with Crippen molar-refractivity contribution < 1.29 is 9.59 Å². The molecule has 6 nitrogen and oxygen atoms in total. The van der Waals surface area contributed by atoms with E-state index in [1.165, 1.54) is 0 Å². The number of thiocarbonyl (C=S) groups is 1. The fourth-order valence-electron chi connectivity index (χ4n) is 2.83. The summed E-state index contributed by atoms with van der Waals surface area (Å²) >= 11 is 5.28. The van der Waals surface area contributed by atoms with E-state index in [-0.39, 0.29) is 5.11 Å². The number of urea groups is 1. The zero-order valence-electron chi connectivity index (χ0n) is 14.8. The number of anilines is 1. The molecule has 1 saturated heterocycles. The van der Waals surface area contributed by atoms with E-state index >= 15 is 0 Å². The van der Waals surface area contributed by atoms with Crippen LogP contribution in [0.5, 0.6) is 0 Å². The van der Waals surface area contributed by atoms with E-state index < -0.39 is 17.5 Å². The number of hydrogen-bond donors (Lipinski definition) is 3. The predicted molar refractivity (Wildman–Crippen MR) is 104 cm³/mol. The second-order valence-electron chi connectivity index (χ2n) is 6.45. The summed E-state index contributed by atoms with van der Waals surface area (Å²) in [5, 5.41) is 6.83. The normalized spacial score (nSPS) is 19.3. The molecule has 0 unspecified atom stereocenters. The highest BCUT2D eigenvalue weighted by Crippen LogP contribution is 2.27. The topological polar surface area (TPSA) is 73.5 Å². The van der Waals surface area contributed by atoms with Gasteiger partial charge in [-0.2, -0.15) is 5.01 Å². The summed E-state index contributed by atoms with van der Waals surface area (Å²) in [5.41, 5.74) is 5.16. The number of benzene rings is 2. The number of nitrogens with one attached hydrogen (secondary N) is 3. The van der Waals surface area contributed by atoms with Gasteiger partial charge in [0.15, 0.2) is 5.11 Å². The highest BCUT2D eigenvalue weighted by Gasteiger charge is 2.49. The molecule has 2 aromatic rings. The third kappa shape index (κ3) is 3.25. The molecule has 0 aromatic heterocycles. The van der Waals surface area contributed by atoms with E-state index in [9.17, 15) is 9.59 Å². The smallest absolute Gasteiger partial charge is 0.331 e. The molecule has 0 spiro atoms. The predicted octanol–water partition coefficient (Wildman–Crippen LogP) is 2.97. The van der Waals surface area contributed by atoms with Crippen LogP contribution in [0.3, 0.4) is 0 Å². The minimum absolute atomic E-state index is 0.166. The Balaban J connectivity index is 1.76. The zero-order chi connectivity index (χ0) is 18.9. The molecule has 1 aliphatic rings. The Morgan fingerprint density at radius 1 is 1.12 bits per heavy atom. The van der Waals surface area contributed by atoms with Gasteiger partial charge in [0.1, 0.15) is 5.54 Å². The summed E-state index contributed by atoms with van der Waals surface area (Å²) in [7, 11) is 0. The number of aryl methyl sites for hydroxylation is 2. The van der Waals surface area contributed by atoms with Crippen LogP contribution in [-0.4, -0.2) is 22.1 Å². The summed E-state index contributed by atoms with van der Waals surface area (Å²) in [6, 6.07) is 14.5. The molecule has 0 radical (unpaired) electrons. The van der Waals surface area contributed by atoms with Gasteiger partial charge in [-0.05, 0) is 55.7 Å². The molecule has 3 amide bonds. The molecule has 1 fully saturated rings. The third-order valence-corrected chi connectivity index (χ3v) is 4.59. The fraction of sp³-hybridized carbons (Fsp3) is 0.211. The Morgan fingerprint density at radius 2 is 1.81 bits per heavy atom. The lowest BCUT2D eigenvalue weighted by Crippen LogP contribution is -2.49. The molecule has 134 valence electrons. The van der Waals surface area contributed by atoms with Crippen molar-refractivity contribution in [2.45, 2.75) is 26.3 Å². The van der Waals surface area contributed by atoms with Gasteiger partial charge in [-0.25, -0.2) is 4.79 Å². The van der Waals surface area contributed by atoms with Crippen LogP contribution in [0.1, 0.15) is 23.6 Å². The molecule has 1 heterocycles. The maximum Gasteiger partial charge on any atom is 0.344 e. The monoisotopic (exact) mass is 368 g/mol. The summed E-state index contributed by atoms with van der Waals surface area (Å²) < 4.78 is 0. The van der Waals surface area contributed by atoms with E-state index in [0.29, 0.717) is 5.56 Å². The molecule has 1 aliphatic heterocycles. The van der Waals surface area contributed by atoms with Gasteiger partial charge in [0.05, 0.1) is 0 Å². The van der Waals surface area contributed by atoms with Gasteiger partial charge in [0.2, 0.25) is 0 Å². The van der Waals surface area contributed by atoms with Crippen LogP contribution in [-0.2, 0) is 10.3 Å². The first kappa shape index (κ1) is 17.9. The minimum Gasteiger partial charge on any atom is -0.331 e. The van der Waals surface area contributed by atoms with Gasteiger partial charge in [-0.1, -0.05) is 42.5 Å². The van der Waals surface area contributed by atoms with Crippen LogP contribution in [0.25, 0.3) is 0 Å². The van der Waals surface area contributed by atoms with Gasteiger partial charge in [-0.15, -0.1) is 0 Å². The molecule has 3 N–H and O–H groups in total. The highest BCUT2D eigenvalue weighted by atomic mass is 32.1. The van der Waals surface area contributed by atoms with Crippen LogP contribution >= 0.6 is 12.2 Å². The van der Waals surface area contributed by atoms with Crippen molar-refractivity contribution in [3.8, 4) is 0 Å². The number of carbonyl (C=O) groups excluding carboxylic acids is 2. The van der Waals surface area contributed by atoms with Gasteiger partial charge < -0.3 is 10.6 Å². The first-order valence-corrected chi connectivity index (χ1v) is 8.59. The van der Waals surface area contributed by atoms with Crippen LogP contribution < -0.4 is 16.1 Å². The van der Waals surface area contributed by atoms with Crippen LogP contribution in [0, 0.1) is 13.8 Å². The van der Waals surface area contributed by atoms with Crippen molar-refractivity contribution in [3.05, 3.63) is 65.2 Å². The number of hydrazine groups is 1. The number of rotatable bonds is 3. The van der Waals surface area contributed by atoms with Crippen molar-refractivity contribution in [2.24, 2.45) is 0 Å². The standard InChI is InChI=1S/C19H20N4O2S/c1-12-9-10-13(2)15(11-12)20-17(26)22-23-16(24)19(3,21-18(23)25)14-7-5-4-6-8-14/h4-11H,1-3H3,(H,21,25)(H2,20,22,26)/t19-/m0/s1. The highest BCUT2D eigenvalue weighted by molar-refractivity contribution is 7.80. The molecular formula is C19H20N4O2S. The maximum atomic E-state index is 12.8. The van der Waals surface area contributed by atoms with Gasteiger partial charge in [-0.3, -0.25) is 10.2 Å². The second kappa shape index (κ2) is 6.76. The fourth-order valence-corrected chi connectivity index (χ4v) is 3.03. The van der Waals surface area contributed by atoms with Gasteiger partial charge in [0.25, 0.3) is 5.91 Å².